The van der Waals surface area contributed by atoms with Crippen LogP contribution in [0.4, 0.5) is 4.79 Å². The van der Waals surface area contributed by atoms with E-state index in [1.165, 1.54) is 26.2 Å². The molecular formula is C15H21NO6. The summed E-state index contributed by atoms with van der Waals surface area (Å²) in [4.78, 5) is 24.7. The van der Waals surface area contributed by atoms with Crippen LogP contribution < -0.4 is 0 Å². The smallest absolute Gasteiger partial charge is 0.410 e. The van der Waals surface area contributed by atoms with E-state index in [0.29, 0.717) is 0 Å². The summed E-state index contributed by atoms with van der Waals surface area (Å²) < 4.78 is 19.8. The lowest BCUT2D eigenvalue weighted by atomic mass is 10.2. The van der Waals surface area contributed by atoms with Gasteiger partial charge in [-0.15, -0.1) is 0 Å². The molecule has 0 aliphatic heterocycles. The maximum absolute atomic E-state index is 12.1. The fraction of sp³-hybridized carbons (Fsp3) is 0.467. The van der Waals surface area contributed by atoms with E-state index < -0.39 is 18.4 Å². The predicted octanol–water partition coefficient (Wildman–Crippen LogP) is 1.42. The van der Waals surface area contributed by atoms with Crippen LogP contribution in [-0.4, -0.2) is 57.7 Å². The van der Waals surface area contributed by atoms with E-state index in [9.17, 15) is 9.59 Å². The largest absolute Gasteiger partial charge is 0.468 e. The van der Waals surface area contributed by atoms with Gasteiger partial charge in [-0.25, -0.2) is 4.79 Å². The lowest BCUT2D eigenvalue weighted by Gasteiger charge is -2.24. The van der Waals surface area contributed by atoms with Gasteiger partial charge in [-0.2, -0.15) is 0 Å². The zero-order valence-electron chi connectivity index (χ0n) is 13.0. The first-order valence-corrected chi connectivity index (χ1v) is 6.68. The van der Waals surface area contributed by atoms with Crippen LogP contribution in [0.15, 0.2) is 30.3 Å². The molecule has 0 saturated carbocycles. The van der Waals surface area contributed by atoms with E-state index in [0.717, 1.165) is 5.56 Å². The van der Waals surface area contributed by atoms with Gasteiger partial charge in [-0.3, -0.25) is 9.69 Å². The SMILES string of the molecule is COC(=O)CN(CC(OC)OC)C(=O)OCc1ccccc1. The topological polar surface area (TPSA) is 74.3 Å². The first-order valence-electron chi connectivity index (χ1n) is 6.68. The van der Waals surface area contributed by atoms with E-state index >= 15 is 0 Å². The minimum Gasteiger partial charge on any atom is -0.468 e. The molecule has 1 amide bonds. The summed E-state index contributed by atoms with van der Waals surface area (Å²) >= 11 is 0. The van der Waals surface area contributed by atoms with Crippen molar-refractivity contribution < 1.29 is 28.5 Å². The van der Waals surface area contributed by atoms with Crippen LogP contribution in [0.5, 0.6) is 0 Å². The first kappa shape index (κ1) is 17.9. The molecule has 1 aromatic rings. The Hall–Kier alpha value is -2.12. The third-order valence-electron chi connectivity index (χ3n) is 2.91. The Morgan fingerprint density at radius 3 is 2.27 bits per heavy atom. The van der Waals surface area contributed by atoms with Crippen molar-refractivity contribution in [3.05, 3.63) is 35.9 Å². The van der Waals surface area contributed by atoms with Gasteiger partial charge >= 0.3 is 12.1 Å². The summed E-state index contributed by atoms with van der Waals surface area (Å²) in [7, 11) is 4.14. The summed E-state index contributed by atoms with van der Waals surface area (Å²) in [5.74, 6) is -0.553. The summed E-state index contributed by atoms with van der Waals surface area (Å²) in [6.45, 7) is -0.0783. The molecule has 0 aromatic heterocycles. The second-order valence-corrected chi connectivity index (χ2v) is 4.40. The van der Waals surface area contributed by atoms with E-state index in [-0.39, 0.29) is 19.7 Å². The number of esters is 1. The average molecular weight is 311 g/mol. The highest BCUT2D eigenvalue weighted by atomic mass is 16.7. The molecule has 22 heavy (non-hydrogen) atoms. The molecule has 0 aliphatic rings. The monoisotopic (exact) mass is 311 g/mol. The Morgan fingerprint density at radius 1 is 1.09 bits per heavy atom. The molecule has 0 radical (unpaired) electrons. The minimum absolute atomic E-state index is 0.0513. The summed E-state index contributed by atoms with van der Waals surface area (Å²) in [6, 6.07) is 9.25. The number of carbonyl (C=O) groups is 2. The molecule has 0 spiro atoms. The van der Waals surface area contributed by atoms with Crippen molar-refractivity contribution in [3.8, 4) is 0 Å². The number of benzene rings is 1. The van der Waals surface area contributed by atoms with Crippen molar-refractivity contribution in [3.63, 3.8) is 0 Å². The fourth-order valence-corrected chi connectivity index (χ4v) is 1.66. The van der Waals surface area contributed by atoms with Gasteiger partial charge in [0.2, 0.25) is 0 Å². The molecule has 0 bridgehead atoms. The van der Waals surface area contributed by atoms with Crippen molar-refractivity contribution in [1.82, 2.24) is 4.90 Å². The van der Waals surface area contributed by atoms with Gasteiger partial charge in [0.1, 0.15) is 13.2 Å². The van der Waals surface area contributed by atoms with Gasteiger partial charge in [-0.1, -0.05) is 30.3 Å². The number of hydrogen-bond acceptors (Lipinski definition) is 6. The van der Waals surface area contributed by atoms with Crippen LogP contribution in [0.25, 0.3) is 0 Å². The number of carbonyl (C=O) groups excluding carboxylic acids is 2. The highest BCUT2D eigenvalue weighted by molar-refractivity contribution is 5.78. The van der Waals surface area contributed by atoms with Crippen LogP contribution in [0, 0.1) is 0 Å². The third kappa shape index (κ3) is 6.11. The van der Waals surface area contributed by atoms with Crippen molar-refractivity contribution >= 4 is 12.1 Å². The van der Waals surface area contributed by atoms with Crippen molar-refractivity contribution in [2.75, 3.05) is 34.4 Å². The molecule has 0 heterocycles. The molecule has 0 N–H and O–H groups in total. The van der Waals surface area contributed by atoms with Crippen LogP contribution in [0.2, 0.25) is 0 Å². The Kier molecular flexibility index (Phi) is 7.95. The Bertz CT molecular complexity index is 460. The molecule has 122 valence electrons. The summed E-state index contributed by atoms with van der Waals surface area (Å²) in [6.07, 6.45) is -1.30. The maximum Gasteiger partial charge on any atom is 0.410 e. The van der Waals surface area contributed by atoms with E-state index in [4.69, 9.17) is 14.2 Å². The molecule has 0 unspecified atom stereocenters. The van der Waals surface area contributed by atoms with Crippen molar-refractivity contribution in [2.24, 2.45) is 0 Å². The molecule has 7 nitrogen and oxygen atoms in total. The standard InChI is InChI=1S/C15H21NO6/c1-19-13(17)9-16(10-14(20-2)21-3)15(18)22-11-12-7-5-4-6-8-12/h4-8,14H,9-11H2,1-3H3. The average Bonchev–Trinajstić information content (AvgIpc) is 2.57. The molecule has 0 atom stereocenters. The molecule has 1 aromatic carbocycles. The molecule has 7 heteroatoms. The number of nitrogens with zero attached hydrogens (tertiary/aromatic N) is 1. The number of ether oxygens (including phenoxy) is 4. The van der Waals surface area contributed by atoms with E-state index in [2.05, 4.69) is 4.74 Å². The lowest BCUT2D eigenvalue weighted by Crippen LogP contribution is -2.42. The van der Waals surface area contributed by atoms with Gasteiger partial charge in [0.05, 0.1) is 13.7 Å². The van der Waals surface area contributed by atoms with Gasteiger partial charge in [0.15, 0.2) is 6.29 Å². The highest BCUT2D eigenvalue weighted by Crippen LogP contribution is 2.05. The van der Waals surface area contributed by atoms with Crippen molar-refractivity contribution in [2.45, 2.75) is 12.9 Å². The fourth-order valence-electron chi connectivity index (χ4n) is 1.66. The molecule has 0 fully saturated rings. The molecule has 0 aliphatic carbocycles. The number of methoxy groups -OCH3 is 3. The second-order valence-electron chi connectivity index (χ2n) is 4.40. The van der Waals surface area contributed by atoms with Gasteiger partial charge in [0, 0.05) is 14.2 Å². The van der Waals surface area contributed by atoms with E-state index in [1.54, 1.807) is 0 Å². The van der Waals surface area contributed by atoms with Gasteiger partial charge in [0.25, 0.3) is 0 Å². The zero-order chi connectivity index (χ0) is 16.4. The molecule has 1 rings (SSSR count). The predicted molar refractivity (Wildman–Crippen MR) is 78.0 cm³/mol. The first-order chi connectivity index (χ1) is 10.6. The summed E-state index contributed by atoms with van der Waals surface area (Å²) in [5.41, 5.74) is 0.851. The number of hydrogen-bond donors (Lipinski definition) is 0. The van der Waals surface area contributed by atoms with Crippen LogP contribution in [0.1, 0.15) is 5.56 Å². The number of amides is 1. The van der Waals surface area contributed by atoms with Crippen molar-refractivity contribution in [1.29, 1.82) is 0 Å². The quantitative estimate of drug-likeness (QED) is 0.534. The highest BCUT2D eigenvalue weighted by Gasteiger charge is 2.23. The minimum atomic E-state index is -0.658. The normalized spacial score (nSPS) is 10.4. The summed E-state index contributed by atoms with van der Waals surface area (Å²) in [5, 5.41) is 0. The molecule has 0 saturated heterocycles. The van der Waals surface area contributed by atoms with Crippen LogP contribution in [-0.2, 0) is 30.3 Å². The Labute approximate surface area is 129 Å². The van der Waals surface area contributed by atoms with Crippen LogP contribution >= 0.6 is 0 Å². The Balaban J connectivity index is 2.63. The van der Waals surface area contributed by atoms with Crippen LogP contribution in [0.3, 0.4) is 0 Å². The van der Waals surface area contributed by atoms with E-state index in [1.807, 2.05) is 30.3 Å². The second kappa shape index (κ2) is 9.75. The maximum atomic E-state index is 12.1. The third-order valence-corrected chi connectivity index (χ3v) is 2.91. The number of rotatable bonds is 8. The Morgan fingerprint density at radius 2 is 1.73 bits per heavy atom. The lowest BCUT2D eigenvalue weighted by molar-refractivity contribution is -0.144. The molecular weight excluding hydrogens is 290 g/mol. The zero-order valence-corrected chi connectivity index (χ0v) is 13.0. The van der Waals surface area contributed by atoms with Gasteiger partial charge in [-0.05, 0) is 5.56 Å². The van der Waals surface area contributed by atoms with Gasteiger partial charge < -0.3 is 18.9 Å².